The number of carboxylic acid groups (broad SMARTS) is 1. The summed E-state index contributed by atoms with van der Waals surface area (Å²) in [7, 11) is 0. The minimum atomic E-state index is -0.988. The van der Waals surface area contributed by atoms with Crippen molar-refractivity contribution in [2.75, 3.05) is 13.2 Å². The van der Waals surface area contributed by atoms with E-state index in [2.05, 4.69) is 11.6 Å². The first-order valence-corrected chi connectivity index (χ1v) is 10.1. The Morgan fingerprint density at radius 3 is 2.52 bits per heavy atom. The summed E-state index contributed by atoms with van der Waals surface area (Å²) in [6.07, 6.45) is 2.25. The lowest BCUT2D eigenvalue weighted by Crippen LogP contribution is -2.32. The third-order valence-corrected chi connectivity index (χ3v) is 5.50. The maximum Gasteiger partial charge on any atom is 0.335 e. The summed E-state index contributed by atoms with van der Waals surface area (Å²) < 4.78 is 5.46. The van der Waals surface area contributed by atoms with Gasteiger partial charge in [-0.2, -0.15) is 0 Å². The molecule has 0 unspecified atom stereocenters. The highest BCUT2D eigenvalue weighted by Crippen LogP contribution is 2.32. The number of benzene rings is 2. The van der Waals surface area contributed by atoms with Crippen LogP contribution in [0.1, 0.15) is 22.8 Å². The number of amidine groups is 1. The molecule has 1 amide bonds. The summed E-state index contributed by atoms with van der Waals surface area (Å²) in [6, 6.07) is 14.0. The minimum Gasteiger partial charge on any atom is -0.494 e. The summed E-state index contributed by atoms with van der Waals surface area (Å²) in [6.45, 7) is 6.65. The average Bonchev–Trinajstić information content (AvgIpc) is 2.99. The zero-order valence-electron chi connectivity index (χ0n) is 16.1. The Morgan fingerprint density at radius 2 is 1.93 bits per heavy atom. The quantitative estimate of drug-likeness (QED) is 0.662. The predicted molar refractivity (Wildman–Crippen MR) is 115 cm³/mol. The van der Waals surface area contributed by atoms with E-state index in [0.29, 0.717) is 30.4 Å². The second-order valence-corrected chi connectivity index (χ2v) is 7.54. The van der Waals surface area contributed by atoms with Gasteiger partial charge in [-0.15, -0.1) is 6.58 Å². The van der Waals surface area contributed by atoms with Crippen molar-refractivity contribution in [3.05, 3.63) is 72.3 Å². The molecule has 7 heteroatoms. The summed E-state index contributed by atoms with van der Waals surface area (Å²) in [5, 5.41) is 9.34. The molecule has 1 fully saturated rings. The van der Waals surface area contributed by atoms with Crippen molar-refractivity contribution in [3.63, 3.8) is 0 Å². The summed E-state index contributed by atoms with van der Waals surface area (Å²) in [4.78, 5) is 30.1. The van der Waals surface area contributed by atoms with Gasteiger partial charge in [-0.1, -0.05) is 30.0 Å². The molecular formula is C22H22N2O4S. The van der Waals surface area contributed by atoms with Gasteiger partial charge in [0.05, 0.1) is 23.1 Å². The number of amides is 1. The first-order chi connectivity index (χ1) is 14.0. The van der Waals surface area contributed by atoms with Crippen LogP contribution in [-0.4, -0.2) is 45.5 Å². The van der Waals surface area contributed by atoms with Crippen LogP contribution in [0.5, 0.6) is 5.75 Å². The second-order valence-electron chi connectivity index (χ2n) is 6.37. The molecule has 0 saturated carbocycles. The van der Waals surface area contributed by atoms with Crippen molar-refractivity contribution >= 4 is 34.5 Å². The van der Waals surface area contributed by atoms with Crippen molar-refractivity contribution in [2.45, 2.75) is 18.6 Å². The third-order valence-electron chi connectivity index (χ3n) is 4.33. The molecule has 0 aliphatic carbocycles. The van der Waals surface area contributed by atoms with Crippen LogP contribution in [0, 0.1) is 0 Å². The van der Waals surface area contributed by atoms with E-state index in [1.807, 2.05) is 31.2 Å². The summed E-state index contributed by atoms with van der Waals surface area (Å²) >= 11 is 1.41. The van der Waals surface area contributed by atoms with E-state index >= 15 is 0 Å². The Morgan fingerprint density at radius 1 is 1.24 bits per heavy atom. The van der Waals surface area contributed by atoms with E-state index < -0.39 is 5.97 Å². The zero-order valence-corrected chi connectivity index (χ0v) is 16.9. The molecule has 150 valence electrons. The highest BCUT2D eigenvalue weighted by Gasteiger charge is 2.37. The highest BCUT2D eigenvalue weighted by molar-refractivity contribution is 8.15. The monoisotopic (exact) mass is 410 g/mol. The Hall–Kier alpha value is -3.06. The summed E-state index contributed by atoms with van der Waals surface area (Å²) in [5.41, 5.74) is 1.84. The number of carbonyl (C=O) groups is 2. The number of rotatable bonds is 8. The Balaban J connectivity index is 1.78. The molecule has 1 N–H and O–H groups in total. The molecule has 2 aromatic rings. The number of hydrogen-bond acceptors (Lipinski definition) is 5. The topological polar surface area (TPSA) is 79.2 Å². The van der Waals surface area contributed by atoms with Gasteiger partial charge in [0.2, 0.25) is 5.91 Å². The molecule has 1 heterocycles. The highest BCUT2D eigenvalue weighted by atomic mass is 32.2. The fraction of sp³-hybridized carbons (Fsp3) is 0.227. The van der Waals surface area contributed by atoms with Crippen molar-refractivity contribution < 1.29 is 19.4 Å². The van der Waals surface area contributed by atoms with Gasteiger partial charge in [-0.05, 0) is 55.3 Å². The van der Waals surface area contributed by atoms with Crippen LogP contribution in [0.25, 0.3) is 0 Å². The van der Waals surface area contributed by atoms with Gasteiger partial charge in [0, 0.05) is 6.54 Å². The molecule has 29 heavy (non-hydrogen) atoms. The maximum atomic E-state index is 12.9. The average molecular weight is 410 g/mol. The molecule has 3 rings (SSSR count). The molecular weight excluding hydrogens is 388 g/mol. The molecule has 0 radical (unpaired) electrons. The molecule has 1 aliphatic heterocycles. The van der Waals surface area contributed by atoms with Crippen LogP contribution in [0.2, 0.25) is 0 Å². The fourth-order valence-electron chi connectivity index (χ4n) is 2.91. The van der Waals surface area contributed by atoms with Crippen LogP contribution in [0.4, 0.5) is 5.69 Å². The van der Waals surface area contributed by atoms with Gasteiger partial charge < -0.3 is 9.84 Å². The van der Waals surface area contributed by atoms with Gasteiger partial charge in [0.25, 0.3) is 0 Å². The molecule has 1 aliphatic rings. The van der Waals surface area contributed by atoms with Crippen molar-refractivity contribution in [1.82, 2.24) is 4.90 Å². The maximum absolute atomic E-state index is 12.9. The minimum absolute atomic E-state index is 0.00955. The van der Waals surface area contributed by atoms with E-state index in [9.17, 15) is 9.59 Å². The lowest BCUT2D eigenvalue weighted by Gasteiger charge is -2.14. The Labute approximate surface area is 173 Å². The second kappa shape index (κ2) is 9.43. The molecule has 1 atom stereocenters. The lowest BCUT2D eigenvalue weighted by atomic mass is 10.1. The normalized spacial score (nSPS) is 17.6. The van der Waals surface area contributed by atoms with E-state index in [4.69, 9.17) is 9.84 Å². The number of aliphatic imine (C=N–C) groups is 1. The largest absolute Gasteiger partial charge is 0.494 e. The first kappa shape index (κ1) is 20.7. The van der Waals surface area contributed by atoms with E-state index in [-0.39, 0.29) is 16.7 Å². The predicted octanol–water partition coefficient (Wildman–Crippen LogP) is 4.14. The van der Waals surface area contributed by atoms with Crippen LogP contribution in [0.3, 0.4) is 0 Å². The number of thioether (sulfide) groups is 1. The molecule has 0 aromatic heterocycles. The van der Waals surface area contributed by atoms with Gasteiger partial charge in [0.15, 0.2) is 5.17 Å². The summed E-state index contributed by atoms with van der Waals surface area (Å²) in [5.74, 6) is -0.190. The van der Waals surface area contributed by atoms with Crippen molar-refractivity contribution in [2.24, 2.45) is 4.99 Å². The Kier molecular flexibility index (Phi) is 6.72. The van der Waals surface area contributed by atoms with Crippen LogP contribution >= 0.6 is 11.8 Å². The van der Waals surface area contributed by atoms with Crippen LogP contribution in [0.15, 0.2) is 66.2 Å². The third kappa shape index (κ3) is 5.06. The molecule has 0 spiro atoms. The Bertz CT molecular complexity index is 923. The van der Waals surface area contributed by atoms with Gasteiger partial charge in [-0.25, -0.2) is 9.79 Å². The van der Waals surface area contributed by atoms with E-state index in [1.54, 1.807) is 23.1 Å². The standard InChI is InChI=1S/C22H22N2O4S/c1-3-13-24-20(25)19(14-15-5-11-18(12-6-15)28-4-2)29-22(24)23-17-9-7-16(8-10-17)21(26)27/h3,5-12,19H,1,4,13-14H2,2H3,(H,26,27)/t19-/m0/s1. The van der Waals surface area contributed by atoms with E-state index in [1.165, 1.54) is 23.9 Å². The number of carbonyl (C=O) groups excluding carboxylic acids is 1. The van der Waals surface area contributed by atoms with Crippen LogP contribution in [-0.2, 0) is 11.2 Å². The van der Waals surface area contributed by atoms with Crippen molar-refractivity contribution in [1.29, 1.82) is 0 Å². The number of nitrogens with zero attached hydrogens (tertiary/aromatic N) is 2. The first-order valence-electron chi connectivity index (χ1n) is 9.24. The number of aromatic carboxylic acids is 1. The smallest absolute Gasteiger partial charge is 0.335 e. The molecule has 6 nitrogen and oxygen atoms in total. The van der Waals surface area contributed by atoms with Gasteiger partial charge in [0.1, 0.15) is 5.75 Å². The molecule has 0 bridgehead atoms. The SMILES string of the molecule is C=CCN1C(=O)[C@H](Cc2ccc(OCC)cc2)SC1=Nc1ccc(C(=O)O)cc1. The number of carboxylic acids is 1. The lowest BCUT2D eigenvalue weighted by molar-refractivity contribution is -0.125. The molecule has 1 saturated heterocycles. The van der Waals surface area contributed by atoms with E-state index in [0.717, 1.165) is 11.3 Å². The molecule has 2 aromatic carbocycles. The van der Waals surface area contributed by atoms with Crippen molar-refractivity contribution in [3.8, 4) is 5.75 Å². The fourth-order valence-corrected chi connectivity index (χ4v) is 4.12. The number of hydrogen-bond donors (Lipinski definition) is 1. The van der Waals surface area contributed by atoms with Crippen LogP contribution < -0.4 is 4.74 Å². The zero-order chi connectivity index (χ0) is 20.8. The van der Waals surface area contributed by atoms with Gasteiger partial charge in [-0.3, -0.25) is 9.69 Å². The number of ether oxygens (including phenoxy) is 1. The van der Waals surface area contributed by atoms with Gasteiger partial charge >= 0.3 is 5.97 Å².